The summed E-state index contributed by atoms with van der Waals surface area (Å²) in [5.41, 5.74) is 4.80. The zero-order valence-electron chi connectivity index (χ0n) is 7.52. The molecule has 0 radical (unpaired) electrons. The zero-order valence-corrected chi connectivity index (χ0v) is 8.28. The summed E-state index contributed by atoms with van der Waals surface area (Å²) in [5, 5.41) is 18.4. The molecule has 0 spiro atoms. The molecule has 15 heavy (non-hydrogen) atoms. The molecule has 0 heterocycles. The topological polar surface area (TPSA) is 83.6 Å². The van der Waals surface area contributed by atoms with Crippen LogP contribution in [0, 0.1) is 5.82 Å². The molecule has 2 unspecified atom stereocenters. The number of halogens is 2. The summed E-state index contributed by atoms with van der Waals surface area (Å²) in [5.74, 6) is -1.83. The Morgan fingerprint density at radius 1 is 1.47 bits per heavy atom. The van der Waals surface area contributed by atoms with E-state index >= 15 is 0 Å². The third-order valence-electron chi connectivity index (χ3n) is 1.88. The predicted octanol–water partition coefficient (Wildman–Crippen LogP) is 0.359. The molecule has 2 atom stereocenters. The number of aliphatic hydroxyl groups excluding tert-OH is 2. The molecule has 0 bridgehead atoms. The SMILES string of the molecule is NC(=O)C(O)C(O)c1ccc(Cl)c(F)c1. The molecule has 4 N–H and O–H groups in total. The fourth-order valence-electron chi connectivity index (χ4n) is 1.03. The van der Waals surface area contributed by atoms with Crippen LogP contribution in [0.2, 0.25) is 5.02 Å². The van der Waals surface area contributed by atoms with E-state index in [1.165, 1.54) is 12.1 Å². The van der Waals surface area contributed by atoms with E-state index in [2.05, 4.69) is 0 Å². The maximum Gasteiger partial charge on any atom is 0.249 e. The first-order valence-electron chi connectivity index (χ1n) is 4.04. The lowest BCUT2D eigenvalue weighted by atomic mass is 10.0. The molecule has 1 aromatic rings. The van der Waals surface area contributed by atoms with Crippen molar-refractivity contribution in [2.45, 2.75) is 12.2 Å². The molecule has 0 aliphatic carbocycles. The number of aliphatic hydroxyl groups is 2. The summed E-state index contributed by atoms with van der Waals surface area (Å²) >= 11 is 5.42. The van der Waals surface area contributed by atoms with Gasteiger partial charge in [0.15, 0.2) is 6.10 Å². The monoisotopic (exact) mass is 233 g/mol. The van der Waals surface area contributed by atoms with Crippen molar-refractivity contribution in [3.8, 4) is 0 Å². The molecule has 1 aromatic carbocycles. The van der Waals surface area contributed by atoms with Gasteiger partial charge in [-0.2, -0.15) is 0 Å². The molecule has 4 nitrogen and oxygen atoms in total. The van der Waals surface area contributed by atoms with Crippen molar-refractivity contribution in [1.82, 2.24) is 0 Å². The highest BCUT2D eigenvalue weighted by Crippen LogP contribution is 2.22. The lowest BCUT2D eigenvalue weighted by Crippen LogP contribution is -2.33. The van der Waals surface area contributed by atoms with Crippen LogP contribution in [0.4, 0.5) is 4.39 Å². The van der Waals surface area contributed by atoms with Gasteiger partial charge in [-0.1, -0.05) is 17.7 Å². The van der Waals surface area contributed by atoms with Crippen LogP contribution in [-0.4, -0.2) is 22.2 Å². The van der Waals surface area contributed by atoms with Gasteiger partial charge in [0.05, 0.1) is 5.02 Å². The third-order valence-corrected chi connectivity index (χ3v) is 2.18. The molecule has 1 amide bonds. The van der Waals surface area contributed by atoms with E-state index in [1.807, 2.05) is 0 Å². The van der Waals surface area contributed by atoms with Crippen molar-refractivity contribution < 1.29 is 19.4 Å². The standard InChI is InChI=1S/C9H9ClFNO3/c10-5-2-1-4(3-6(5)11)7(13)8(14)9(12)15/h1-3,7-8,13-14H,(H2,12,15). The quantitative estimate of drug-likeness (QED) is 0.705. The van der Waals surface area contributed by atoms with Crippen LogP contribution < -0.4 is 5.73 Å². The van der Waals surface area contributed by atoms with Gasteiger partial charge < -0.3 is 15.9 Å². The average molecular weight is 234 g/mol. The van der Waals surface area contributed by atoms with Gasteiger partial charge in [-0.3, -0.25) is 4.79 Å². The molecule has 1 rings (SSSR count). The van der Waals surface area contributed by atoms with E-state index in [-0.39, 0.29) is 10.6 Å². The Morgan fingerprint density at radius 2 is 2.07 bits per heavy atom. The Kier molecular flexibility index (Phi) is 3.62. The molecular weight excluding hydrogens is 225 g/mol. The number of hydrogen-bond donors (Lipinski definition) is 3. The maximum atomic E-state index is 13.0. The summed E-state index contributed by atoms with van der Waals surface area (Å²) in [6.45, 7) is 0. The minimum atomic E-state index is -1.77. The van der Waals surface area contributed by atoms with Crippen LogP contribution in [0.15, 0.2) is 18.2 Å². The lowest BCUT2D eigenvalue weighted by molar-refractivity contribution is -0.131. The fourth-order valence-corrected chi connectivity index (χ4v) is 1.15. The Bertz CT molecular complexity index is 386. The van der Waals surface area contributed by atoms with Crippen LogP contribution in [-0.2, 0) is 4.79 Å². The van der Waals surface area contributed by atoms with Crippen molar-refractivity contribution in [1.29, 1.82) is 0 Å². The van der Waals surface area contributed by atoms with E-state index < -0.39 is 23.9 Å². The van der Waals surface area contributed by atoms with Crippen LogP contribution in [0.25, 0.3) is 0 Å². The van der Waals surface area contributed by atoms with Gasteiger partial charge in [-0.05, 0) is 17.7 Å². The highest BCUT2D eigenvalue weighted by Gasteiger charge is 2.23. The highest BCUT2D eigenvalue weighted by atomic mass is 35.5. The Hall–Kier alpha value is -1.17. The Balaban J connectivity index is 2.96. The molecule has 0 aliphatic heterocycles. The lowest BCUT2D eigenvalue weighted by Gasteiger charge is -2.15. The van der Waals surface area contributed by atoms with Crippen molar-refractivity contribution in [3.63, 3.8) is 0 Å². The zero-order chi connectivity index (χ0) is 11.6. The van der Waals surface area contributed by atoms with E-state index in [0.717, 1.165) is 6.07 Å². The first-order valence-corrected chi connectivity index (χ1v) is 4.41. The van der Waals surface area contributed by atoms with Crippen LogP contribution in [0.5, 0.6) is 0 Å². The smallest absolute Gasteiger partial charge is 0.249 e. The molecular formula is C9H9ClFNO3. The molecule has 82 valence electrons. The summed E-state index contributed by atoms with van der Waals surface area (Å²) in [6, 6.07) is 3.44. The summed E-state index contributed by atoms with van der Waals surface area (Å²) < 4.78 is 13.0. The summed E-state index contributed by atoms with van der Waals surface area (Å²) in [7, 11) is 0. The normalized spacial score (nSPS) is 14.7. The van der Waals surface area contributed by atoms with Gasteiger partial charge in [-0.15, -0.1) is 0 Å². The number of hydrogen-bond acceptors (Lipinski definition) is 3. The fraction of sp³-hybridized carbons (Fsp3) is 0.222. The molecule has 0 saturated carbocycles. The molecule has 0 aromatic heterocycles. The summed E-state index contributed by atoms with van der Waals surface area (Å²) in [6.07, 6.45) is -3.33. The number of benzene rings is 1. The van der Waals surface area contributed by atoms with Crippen LogP contribution in [0.1, 0.15) is 11.7 Å². The Morgan fingerprint density at radius 3 is 2.53 bits per heavy atom. The second-order valence-corrected chi connectivity index (χ2v) is 3.37. The van der Waals surface area contributed by atoms with E-state index in [0.29, 0.717) is 0 Å². The van der Waals surface area contributed by atoms with Crippen LogP contribution >= 0.6 is 11.6 Å². The summed E-state index contributed by atoms with van der Waals surface area (Å²) in [4.78, 5) is 10.6. The van der Waals surface area contributed by atoms with E-state index in [4.69, 9.17) is 22.4 Å². The first kappa shape index (κ1) is 11.9. The number of primary amides is 1. The minimum absolute atomic E-state index is 0.0307. The second kappa shape index (κ2) is 4.57. The van der Waals surface area contributed by atoms with E-state index in [9.17, 15) is 14.3 Å². The van der Waals surface area contributed by atoms with Crippen molar-refractivity contribution in [2.24, 2.45) is 5.73 Å². The molecule has 0 fully saturated rings. The Labute approximate surface area is 90.1 Å². The second-order valence-electron chi connectivity index (χ2n) is 2.97. The van der Waals surface area contributed by atoms with Crippen molar-refractivity contribution >= 4 is 17.5 Å². The van der Waals surface area contributed by atoms with Gasteiger partial charge in [0, 0.05) is 0 Å². The average Bonchev–Trinajstić information content (AvgIpc) is 2.19. The van der Waals surface area contributed by atoms with Gasteiger partial charge in [0.25, 0.3) is 0 Å². The van der Waals surface area contributed by atoms with Gasteiger partial charge >= 0.3 is 0 Å². The highest BCUT2D eigenvalue weighted by molar-refractivity contribution is 6.30. The largest absolute Gasteiger partial charge is 0.385 e. The number of rotatable bonds is 3. The number of carbonyl (C=O) groups is 1. The molecule has 6 heteroatoms. The van der Waals surface area contributed by atoms with Gasteiger partial charge in [0.2, 0.25) is 5.91 Å². The minimum Gasteiger partial charge on any atom is -0.385 e. The molecule has 0 aliphatic rings. The first-order chi connectivity index (χ1) is 6.93. The third kappa shape index (κ3) is 2.65. The van der Waals surface area contributed by atoms with Gasteiger partial charge in [-0.25, -0.2) is 4.39 Å². The maximum absolute atomic E-state index is 13.0. The number of amides is 1. The number of carbonyl (C=O) groups excluding carboxylic acids is 1. The van der Waals surface area contributed by atoms with Crippen molar-refractivity contribution in [2.75, 3.05) is 0 Å². The van der Waals surface area contributed by atoms with Gasteiger partial charge in [0.1, 0.15) is 11.9 Å². The van der Waals surface area contributed by atoms with E-state index in [1.54, 1.807) is 0 Å². The molecule has 0 saturated heterocycles. The number of nitrogens with two attached hydrogens (primary N) is 1. The van der Waals surface area contributed by atoms with Crippen LogP contribution in [0.3, 0.4) is 0 Å². The predicted molar refractivity (Wildman–Crippen MR) is 51.6 cm³/mol. The van der Waals surface area contributed by atoms with Crippen molar-refractivity contribution in [3.05, 3.63) is 34.6 Å².